The predicted molar refractivity (Wildman–Crippen MR) is 87.9 cm³/mol. The van der Waals surface area contributed by atoms with Crippen LogP contribution in [0.5, 0.6) is 0 Å². The molecule has 3 rings (SSSR count). The van der Waals surface area contributed by atoms with Gasteiger partial charge in [0.2, 0.25) is 0 Å². The van der Waals surface area contributed by atoms with Crippen molar-refractivity contribution in [3.8, 4) is 5.69 Å². The third-order valence-corrected chi connectivity index (χ3v) is 3.80. The van der Waals surface area contributed by atoms with Crippen molar-refractivity contribution >= 4 is 34.8 Å². The van der Waals surface area contributed by atoms with Crippen molar-refractivity contribution in [1.82, 2.24) is 9.55 Å². The number of amides is 1. The molecule has 0 radical (unpaired) electrons. The molecule has 1 aromatic heterocycles. The summed E-state index contributed by atoms with van der Waals surface area (Å²) in [6, 6.07) is 9.02. The first-order valence-corrected chi connectivity index (χ1v) is 7.35. The Morgan fingerprint density at radius 1 is 1.17 bits per heavy atom. The van der Waals surface area contributed by atoms with Gasteiger partial charge in [0, 0.05) is 18.1 Å². The molecule has 0 saturated heterocycles. The molecular formula is C16H10Cl2FN3O. The molecule has 1 amide bonds. The first-order valence-electron chi connectivity index (χ1n) is 6.59. The Kier molecular flexibility index (Phi) is 4.32. The van der Waals surface area contributed by atoms with E-state index in [1.165, 1.54) is 18.2 Å². The van der Waals surface area contributed by atoms with Crippen molar-refractivity contribution in [2.45, 2.75) is 0 Å². The van der Waals surface area contributed by atoms with Crippen LogP contribution in [0.1, 0.15) is 10.4 Å². The van der Waals surface area contributed by atoms with E-state index in [1.54, 1.807) is 41.5 Å². The summed E-state index contributed by atoms with van der Waals surface area (Å²) in [4.78, 5) is 16.1. The van der Waals surface area contributed by atoms with Crippen molar-refractivity contribution in [1.29, 1.82) is 0 Å². The monoisotopic (exact) mass is 349 g/mol. The van der Waals surface area contributed by atoms with Crippen molar-refractivity contribution in [3.63, 3.8) is 0 Å². The second kappa shape index (κ2) is 6.40. The third-order valence-electron chi connectivity index (χ3n) is 3.18. The zero-order valence-corrected chi connectivity index (χ0v) is 13.1. The zero-order chi connectivity index (χ0) is 16.4. The van der Waals surface area contributed by atoms with Crippen LogP contribution in [0.4, 0.5) is 10.1 Å². The molecule has 0 fully saturated rings. The molecule has 0 aliphatic heterocycles. The van der Waals surface area contributed by atoms with Crippen LogP contribution in [0.25, 0.3) is 5.69 Å². The van der Waals surface area contributed by atoms with E-state index in [1.807, 2.05) is 0 Å². The standard InChI is InChI=1S/C16H10Cl2FN3O/c17-11-2-1-3-13(19)15(11)16(23)21-10-4-5-14(12(18)8-10)22-7-6-20-9-22/h1-9H,(H,21,23). The smallest absolute Gasteiger partial charge is 0.260 e. The van der Waals surface area contributed by atoms with Crippen LogP contribution in [0.15, 0.2) is 55.1 Å². The Bertz CT molecular complexity index is 846. The van der Waals surface area contributed by atoms with Gasteiger partial charge in [0.1, 0.15) is 5.82 Å². The Morgan fingerprint density at radius 2 is 2.00 bits per heavy atom. The summed E-state index contributed by atoms with van der Waals surface area (Å²) in [6.45, 7) is 0. The molecule has 0 aliphatic rings. The number of imidazole rings is 1. The molecule has 0 unspecified atom stereocenters. The summed E-state index contributed by atoms with van der Waals surface area (Å²) >= 11 is 12.1. The minimum Gasteiger partial charge on any atom is -0.322 e. The number of hydrogen-bond donors (Lipinski definition) is 1. The van der Waals surface area contributed by atoms with Crippen LogP contribution in [0.2, 0.25) is 10.0 Å². The highest BCUT2D eigenvalue weighted by Gasteiger charge is 2.16. The zero-order valence-electron chi connectivity index (χ0n) is 11.6. The molecule has 3 aromatic rings. The molecule has 4 nitrogen and oxygen atoms in total. The van der Waals surface area contributed by atoms with Crippen LogP contribution in [-0.4, -0.2) is 15.5 Å². The molecule has 0 saturated carbocycles. The van der Waals surface area contributed by atoms with Crippen molar-refractivity contribution in [2.75, 3.05) is 5.32 Å². The molecule has 23 heavy (non-hydrogen) atoms. The van der Waals surface area contributed by atoms with Crippen LogP contribution < -0.4 is 5.32 Å². The summed E-state index contributed by atoms with van der Waals surface area (Å²) in [5, 5.41) is 3.04. The van der Waals surface area contributed by atoms with E-state index in [2.05, 4.69) is 10.3 Å². The fourth-order valence-corrected chi connectivity index (χ4v) is 2.63. The van der Waals surface area contributed by atoms with E-state index in [-0.39, 0.29) is 10.6 Å². The number of carbonyl (C=O) groups is 1. The summed E-state index contributed by atoms with van der Waals surface area (Å²) < 4.78 is 15.5. The lowest BCUT2D eigenvalue weighted by Gasteiger charge is -2.10. The van der Waals surface area contributed by atoms with Gasteiger partial charge in [-0.15, -0.1) is 0 Å². The number of anilines is 1. The van der Waals surface area contributed by atoms with Crippen LogP contribution in [0.3, 0.4) is 0 Å². The second-order valence-electron chi connectivity index (χ2n) is 4.69. The summed E-state index contributed by atoms with van der Waals surface area (Å²) in [5.41, 5.74) is 0.943. The normalized spacial score (nSPS) is 10.6. The summed E-state index contributed by atoms with van der Waals surface area (Å²) in [7, 11) is 0. The first kappa shape index (κ1) is 15.5. The molecule has 0 aliphatic carbocycles. The summed E-state index contributed by atoms with van der Waals surface area (Å²) in [6.07, 6.45) is 4.99. The van der Waals surface area contributed by atoms with Gasteiger partial charge in [-0.2, -0.15) is 0 Å². The quantitative estimate of drug-likeness (QED) is 0.752. The Balaban J connectivity index is 1.86. The van der Waals surface area contributed by atoms with E-state index in [4.69, 9.17) is 23.2 Å². The average molecular weight is 350 g/mol. The van der Waals surface area contributed by atoms with Crippen molar-refractivity contribution in [3.05, 3.63) is 76.5 Å². The fraction of sp³-hybridized carbons (Fsp3) is 0. The largest absolute Gasteiger partial charge is 0.322 e. The van der Waals surface area contributed by atoms with Gasteiger partial charge in [-0.25, -0.2) is 9.37 Å². The lowest BCUT2D eigenvalue weighted by Crippen LogP contribution is -2.14. The SMILES string of the molecule is O=C(Nc1ccc(-n2ccnc2)c(Cl)c1)c1c(F)cccc1Cl. The first-order chi connectivity index (χ1) is 11.1. The van der Waals surface area contributed by atoms with Gasteiger partial charge in [-0.1, -0.05) is 29.3 Å². The molecule has 0 atom stereocenters. The molecule has 7 heteroatoms. The van der Waals surface area contributed by atoms with Gasteiger partial charge in [0.15, 0.2) is 0 Å². The maximum atomic E-state index is 13.8. The minimum absolute atomic E-state index is 0.0450. The van der Waals surface area contributed by atoms with Gasteiger partial charge in [0.25, 0.3) is 5.91 Å². The van der Waals surface area contributed by atoms with Gasteiger partial charge in [-0.3, -0.25) is 4.79 Å². The van der Waals surface area contributed by atoms with E-state index in [0.29, 0.717) is 16.4 Å². The van der Waals surface area contributed by atoms with Crippen molar-refractivity contribution < 1.29 is 9.18 Å². The van der Waals surface area contributed by atoms with Crippen LogP contribution in [0, 0.1) is 5.82 Å². The molecule has 116 valence electrons. The van der Waals surface area contributed by atoms with Crippen LogP contribution >= 0.6 is 23.2 Å². The third kappa shape index (κ3) is 3.21. The number of hydrogen-bond acceptors (Lipinski definition) is 2. The van der Waals surface area contributed by atoms with Crippen molar-refractivity contribution in [2.24, 2.45) is 0 Å². The van der Waals surface area contributed by atoms with Gasteiger partial charge >= 0.3 is 0 Å². The van der Waals surface area contributed by atoms with E-state index in [9.17, 15) is 9.18 Å². The average Bonchev–Trinajstić information content (AvgIpc) is 3.01. The minimum atomic E-state index is -0.684. The number of nitrogens with zero attached hydrogens (tertiary/aromatic N) is 2. The van der Waals surface area contributed by atoms with Gasteiger partial charge < -0.3 is 9.88 Å². The Hall–Kier alpha value is -2.37. The molecule has 1 heterocycles. The van der Waals surface area contributed by atoms with E-state index >= 15 is 0 Å². The fourth-order valence-electron chi connectivity index (χ4n) is 2.10. The predicted octanol–water partition coefficient (Wildman–Crippen LogP) is 4.57. The maximum Gasteiger partial charge on any atom is 0.260 e. The highest BCUT2D eigenvalue weighted by Crippen LogP contribution is 2.26. The number of benzene rings is 2. The second-order valence-corrected chi connectivity index (χ2v) is 5.50. The number of carbonyl (C=O) groups excluding carboxylic acids is 1. The number of nitrogens with one attached hydrogen (secondary N) is 1. The molecular weight excluding hydrogens is 340 g/mol. The lowest BCUT2D eigenvalue weighted by molar-refractivity contribution is 0.102. The molecule has 1 N–H and O–H groups in total. The molecule has 0 bridgehead atoms. The lowest BCUT2D eigenvalue weighted by atomic mass is 10.2. The van der Waals surface area contributed by atoms with Gasteiger partial charge in [-0.05, 0) is 30.3 Å². The summed E-state index contributed by atoms with van der Waals surface area (Å²) in [5.74, 6) is -1.32. The van der Waals surface area contributed by atoms with Gasteiger partial charge in [0.05, 0.1) is 27.6 Å². The maximum absolute atomic E-state index is 13.8. The highest BCUT2D eigenvalue weighted by atomic mass is 35.5. The van der Waals surface area contributed by atoms with E-state index in [0.717, 1.165) is 0 Å². The number of halogens is 3. The molecule has 2 aromatic carbocycles. The Labute approximate surface area is 141 Å². The Morgan fingerprint density at radius 3 is 2.65 bits per heavy atom. The van der Waals surface area contributed by atoms with Crippen LogP contribution in [-0.2, 0) is 0 Å². The topological polar surface area (TPSA) is 46.9 Å². The highest BCUT2D eigenvalue weighted by molar-refractivity contribution is 6.34. The molecule has 0 spiro atoms. The number of aromatic nitrogens is 2. The number of rotatable bonds is 3. The van der Waals surface area contributed by atoms with E-state index < -0.39 is 11.7 Å².